The van der Waals surface area contributed by atoms with Gasteiger partial charge in [0, 0.05) is 0 Å². The molecule has 38 valence electrons. The minimum atomic E-state index is 0.769. The molecule has 4 heteroatoms. The van der Waals surface area contributed by atoms with Gasteiger partial charge in [-0.05, 0) is 17.6 Å². The molecular weight excluding hydrogens is 127 g/mol. The lowest BCUT2D eigenvalue weighted by Crippen LogP contribution is -1.84. The van der Waals surface area contributed by atoms with Crippen LogP contribution in [0, 0.1) is 0 Å². The summed E-state index contributed by atoms with van der Waals surface area (Å²) in [6.45, 7) is 0. The molecule has 0 aliphatic carbocycles. The normalized spacial score (nSPS) is 9.29. The first-order valence-corrected chi connectivity index (χ1v) is 3.12. The van der Waals surface area contributed by atoms with E-state index in [-0.39, 0.29) is 0 Å². The van der Waals surface area contributed by atoms with Crippen LogP contribution in [-0.4, -0.2) is 4.37 Å². The van der Waals surface area contributed by atoms with Crippen LogP contribution in [0.15, 0.2) is 6.07 Å². The van der Waals surface area contributed by atoms with E-state index >= 15 is 0 Å². The van der Waals surface area contributed by atoms with Gasteiger partial charge in [0.15, 0.2) is 0 Å². The predicted octanol–water partition coefficient (Wildman–Crippen LogP) is 0.226. The Balaban J connectivity index is 3.04. The van der Waals surface area contributed by atoms with Crippen molar-refractivity contribution in [2.24, 2.45) is 0 Å². The SMILES string of the molecule is Nc1cc(P)ns1. The van der Waals surface area contributed by atoms with Crippen LogP contribution in [0.4, 0.5) is 5.00 Å². The van der Waals surface area contributed by atoms with E-state index in [1.54, 1.807) is 0 Å². The van der Waals surface area contributed by atoms with Crippen LogP contribution < -0.4 is 11.2 Å². The van der Waals surface area contributed by atoms with Crippen LogP contribution in [0.1, 0.15) is 0 Å². The van der Waals surface area contributed by atoms with Gasteiger partial charge in [0.1, 0.15) is 5.00 Å². The first kappa shape index (κ1) is 5.01. The first-order chi connectivity index (χ1) is 3.29. The van der Waals surface area contributed by atoms with Crippen LogP contribution in [0.2, 0.25) is 0 Å². The summed E-state index contributed by atoms with van der Waals surface area (Å²) in [6, 6.07) is 1.81. The Labute approximate surface area is 48.1 Å². The van der Waals surface area contributed by atoms with E-state index in [0.717, 1.165) is 10.4 Å². The van der Waals surface area contributed by atoms with Crippen molar-refractivity contribution in [1.29, 1.82) is 0 Å². The fraction of sp³-hybridized carbons (Fsp3) is 0. The maximum atomic E-state index is 5.32. The molecule has 1 unspecified atom stereocenters. The molecule has 0 aromatic carbocycles. The van der Waals surface area contributed by atoms with Gasteiger partial charge in [0.25, 0.3) is 0 Å². The zero-order chi connectivity index (χ0) is 5.28. The van der Waals surface area contributed by atoms with Crippen molar-refractivity contribution < 1.29 is 0 Å². The van der Waals surface area contributed by atoms with Gasteiger partial charge in [0.05, 0.1) is 5.44 Å². The van der Waals surface area contributed by atoms with Crippen molar-refractivity contribution in [3.8, 4) is 0 Å². The highest BCUT2D eigenvalue weighted by Gasteiger charge is 1.87. The molecule has 0 saturated heterocycles. The second-order valence-corrected chi connectivity index (χ2v) is 2.58. The largest absolute Gasteiger partial charge is 0.389 e. The van der Waals surface area contributed by atoms with E-state index in [2.05, 4.69) is 13.6 Å². The van der Waals surface area contributed by atoms with Crippen LogP contribution in [0.25, 0.3) is 0 Å². The third-order valence-corrected chi connectivity index (χ3v) is 1.66. The Kier molecular flexibility index (Phi) is 1.26. The maximum Gasteiger partial charge on any atom is 0.107 e. The summed E-state index contributed by atoms with van der Waals surface area (Å²) in [5.74, 6) is 0. The molecule has 0 spiro atoms. The highest BCUT2D eigenvalue weighted by atomic mass is 32.1. The van der Waals surface area contributed by atoms with Gasteiger partial charge in [-0.1, -0.05) is 9.24 Å². The quantitative estimate of drug-likeness (QED) is 0.513. The molecule has 1 aromatic rings. The lowest BCUT2D eigenvalue weighted by atomic mass is 10.7. The van der Waals surface area contributed by atoms with Crippen LogP contribution in [0.5, 0.6) is 0 Å². The maximum absolute atomic E-state index is 5.32. The summed E-state index contributed by atoms with van der Waals surface area (Å²) < 4.78 is 3.90. The van der Waals surface area contributed by atoms with Crippen molar-refractivity contribution in [3.05, 3.63) is 6.07 Å². The van der Waals surface area contributed by atoms with E-state index in [4.69, 9.17) is 5.73 Å². The lowest BCUT2D eigenvalue weighted by Gasteiger charge is -1.68. The molecule has 1 heterocycles. The van der Waals surface area contributed by atoms with Crippen molar-refractivity contribution >= 4 is 31.2 Å². The first-order valence-electron chi connectivity index (χ1n) is 1.77. The molecule has 0 bridgehead atoms. The number of rotatable bonds is 0. The van der Waals surface area contributed by atoms with Gasteiger partial charge in [-0.3, -0.25) is 0 Å². The van der Waals surface area contributed by atoms with Gasteiger partial charge < -0.3 is 5.73 Å². The second kappa shape index (κ2) is 1.76. The lowest BCUT2D eigenvalue weighted by molar-refractivity contribution is 1.69. The average Bonchev–Trinajstić information content (AvgIpc) is 1.87. The Morgan fingerprint density at radius 3 is 2.71 bits per heavy atom. The number of hydrogen-bond donors (Lipinski definition) is 1. The zero-order valence-electron chi connectivity index (χ0n) is 3.59. The predicted molar refractivity (Wildman–Crippen MR) is 35.9 cm³/mol. The zero-order valence-corrected chi connectivity index (χ0v) is 5.56. The van der Waals surface area contributed by atoms with E-state index in [9.17, 15) is 0 Å². The molecular formula is C3H5N2PS. The Morgan fingerprint density at radius 1 is 1.86 bits per heavy atom. The molecule has 1 rings (SSSR count). The molecule has 2 N–H and O–H groups in total. The van der Waals surface area contributed by atoms with Gasteiger partial charge in [-0.15, -0.1) is 0 Å². The number of nitrogens with zero attached hydrogens (tertiary/aromatic N) is 1. The van der Waals surface area contributed by atoms with E-state index in [0.29, 0.717) is 0 Å². The van der Waals surface area contributed by atoms with Crippen molar-refractivity contribution in [3.63, 3.8) is 0 Å². The molecule has 1 atom stereocenters. The van der Waals surface area contributed by atoms with Gasteiger partial charge in [-0.2, -0.15) is 4.37 Å². The topological polar surface area (TPSA) is 38.9 Å². The molecule has 0 fully saturated rings. The van der Waals surface area contributed by atoms with E-state index in [1.165, 1.54) is 11.5 Å². The van der Waals surface area contributed by atoms with Gasteiger partial charge in [0.2, 0.25) is 0 Å². The number of nitrogens with two attached hydrogens (primary N) is 1. The van der Waals surface area contributed by atoms with E-state index < -0.39 is 0 Å². The summed E-state index contributed by atoms with van der Waals surface area (Å²) in [4.78, 5) is 0. The van der Waals surface area contributed by atoms with Gasteiger partial charge >= 0.3 is 0 Å². The van der Waals surface area contributed by atoms with Crippen molar-refractivity contribution in [1.82, 2.24) is 4.37 Å². The van der Waals surface area contributed by atoms with Crippen LogP contribution in [-0.2, 0) is 0 Å². The summed E-state index contributed by atoms with van der Waals surface area (Å²) in [6.07, 6.45) is 0. The number of anilines is 1. The smallest absolute Gasteiger partial charge is 0.107 e. The Morgan fingerprint density at radius 2 is 2.57 bits per heavy atom. The number of nitrogen functional groups attached to an aromatic ring is 1. The molecule has 0 amide bonds. The van der Waals surface area contributed by atoms with E-state index in [1.807, 2.05) is 6.07 Å². The van der Waals surface area contributed by atoms with Gasteiger partial charge in [-0.25, -0.2) is 0 Å². The third kappa shape index (κ3) is 1.11. The molecule has 2 nitrogen and oxygen atoms in total. The summed E-state index contributed by atoms with van der Waals surface area (Å²) in [5, 5.41) is 0.769. The minimum Gasteiger partial charge on any atom is -0.389 e. The summed E-state index contributed by atoms with van der Waals surface area (Å²) >= 11 is 1.31. The molecule has 7 heavy (non-hydrogen) atoms. The third-order valence-electron chi connectivity index (χ3n) is 0.547. The van der Waals surface area contributed by atoms with Crippen LogP contribution in [0.3, 0.4) is 0 Å². The summed E-state index contributed by atoms with van der Waals surface area (Å²) in [7, 11) is 2.47. The number of aromatic nitrogens is 1. The van der Waals surface area contributed by atoms with Crippen molar-refractivity contribution in [2.45, 2.75) is 0 Å². The molecule has 0 radical (unpaired) electrons. The molecule has 0 aliphatic heterocycles. The second-order valence-electron chi connectivity index (χ2n) is 1.15. The summed E-state index contributed by atoms with van der Waals surface area (Å²) in [5.41, 5.74) is 6.24. The highest BCUT2D eigenvalue weighted by Crippen LogP contribution is 2.04. The molecule has 0 saturated carbocycles. The van der Waals surface area contributed by atoms with Crippen molar-refractivity contribution in [2.75, 3.05) is 5.73 Å². The highest BCUT2D eigenvalue weighted by molar-refractivity contribution is 7.28. The van der Waals surface area contributed by atoms with Crippen LogP contribution >= 0.6 is 20.8 Å². The monoisotopic (exact) mass is 132 g/mol. The minimum absolute atomic E-state index is 0.769. The molecule has 1 aromatic heterocycles. The molecule has 0 aliphatic rings. The number of hydrogen-bond acceptors (Lipinski definition) is 3. The Hall–Kier alpha value is -0.140. The fourth-order valence-corrected chi connectivity index (χ4v) is 1.20. The fourth-order valence-electron chi connectivity index (χ4n) is 0.304. The standard InChI is InChI=1S/C3H5N2PS/c4-2-1-3(6)5-7-2/h1H,4,6H2. The Bertz CT molecular complexity index is 145. The average molecular weight is 132 g/mol.